The first-order valence-electron chi connectivity index (χ1n) is 9.09. The van der Waals surface area contributed by atoms with E-state index in [1.807, 2.05) is 30.4 Å². The number of allylic oxidation sites excluding steroid dienone is 1. The molecular weight excluding hydrogens is 352 g/mol. The molecule has 0 saturated heterocycles. The zero-order chi connectivity index (χ0) is 19.3. The highest BCUT2D eigenvalue weighted by atomic mass is 16.6. The first-order chi connectivity index (χ1) is 13.7. The highest BCUT2D eigenvalue weighted by molar-refractivity contribution is 5.94. The summed E-state index contributed by atoms with van der Waals surface area (Å²) in [5.74, 6) is -0.502. The lowest BCUT2D eigenvalue weighted by Gasteiger charge is -2.18. The lowest BCUT2D eigenvalue weighted by atomic mass is 9.96. The summed E-state index contributed by atoms with van der Waals surface area (Å²) in [6, 6.07) is 21.0. The second-order valence-corrected chi connectivity index (χ2v) is 6.42. The summed E-state index contributed by atoms with van der Waals surface area (Å²) < 4.78 is 11.3. The van der Waals surface area contributed by atoms with E-state index in [1.54, 1.807) is 54.6 Å². The summed E-state index contributed by atoms with van der Waals surface area (Å²) >= 11 is 0. The van der Waals surface area contributed by atoms with Crippen LogP contribution in [0.15, 0.2) is 78.9 Å². The standard InChI is InChI=1S/C24H18O4/c25-23(18-10-3-1-4-11-18)27-21-16-15-17-9-7-8-14-20(17)22(21)28-24(26)19-12-5-2-6-13-19/h1-6,8,10-16H,7,9H2. The van der Waals surface area contributed by atoms with Crippen molar-refractivity contribution in [2.75, 3.05) is 0 Å². The van der Waals surface area contributed by atoms with E-state index in [9.17, 15) is 9.59 Å². The predicted octanol–water partition coefficient (Wildman–Crippen LogP) is 5.08. The van der Waals surface area contributed by atoms with Crippen LogP contribution in [0.5, 0.6) is 11.5 Å². The molecule has 0 unspecified atom stereocenters. The molecule has 0 aromatic heterocycles. The Bertz CT molecular complexity index is 1040. The SMILES string of the molecule is O=C(Oc1ccc2c(c1OC(=O)c1ccccc1)C=CCC2)c1ccccc1. The lowest BCUT2D eigenvalue weighted by molar-refractivity contribution is 0.0682. The highest BCUT2D eigenvalue weighted by Crippen LogP contribution is 2.38. The Labute approximate surface area is 163 Å². The molecule has 0 amide bonds. The number of benzene rings is 3. The van der Waals surface area contributed by atoms with Crippen molar-refractivity contribution in [1.82, 2.24) is 0 Å². The quantitative estimate of drug-likeness (QED) is 0.474. The minimum Gasteiger partial charge on any atom is -0.419 e. The first-order valence-corrected chi connectivity index (χ1v) is 9.09. The summed E-state index contributed by atoms with van der Waals surface area (Å²) in [5.41, 5.74) is 2.68. The molecule has 3 aromatic rings. The van der Waals surface area contributed by atoms with E-state index in [1.165, 1.54) is 0 Å². The zero-order valence-electron chi connectivity index (χ0n) is 15.1. The summed E-state index contributed by atoms with van der Waals surface area (Å²) in [7, 11) is 0. The molecule has 28 heavy (non-hydrogen) atoms. The number of ether oxygens (including phenoxy) is 2. The molecule has 0 heterocycles. The Kier molecular flexibility index (Phi) is 5.02. The van der Waals surface area contributed by atoms with Gasteiger partial charge in [0.2, 0.25) is 0 Å². The number of carbonyl (C=O) groups is 2. The topological polar surface area (TPSA) is 52.6 Å². The van der Waals surface area contributed by atoms with Crippen LogP contribution in [-0.2, 0) is 6.42 Å². The normalized spacial score (nSPS) is 12.1. The molecule has 4 heteroatoms. The molecule has 1 aliphatic rings. The minimum absolute atomic E-state index is 0.225. The third kappa shape index (κ3) is 3.71. The van der Waals surface area contributed by atoms with Crippen molar-refractivity contribution in [3.05, 3.63) is 101 Å². The van der Waals surface area contributed by atoms with Gasteiger partial charge in [-0.15, -0.1) is 0 Å². The van der Waals surface area contributed by atoms with Gasteiger partial charge in [0.15, 0.2) is 11.5 Å². The van der Waals surface area contributed by atoms with Gasteiger partial charge in [-0.3, -0.25) is 0 Å². The fourth-order valence-electron chi connectivity index (χ4n) is 3.11. The van der Waals surface area contributed by atoms with Crippen molar-refractivity contribution in [1.29, 1.82) is 0 Å². The number of hydrogen-bond donors (Lipinski definition) is 0. The number of hydrogen-bond acceptors (Lipinski definition) is 4. The molecule has 0 radical (unpaired) electrons. The van der Waals surface area contributed by atoms with Gasteiger partial charge in [-0.1, -0.05) is 54.6 Å². The van der Waals surface area contributed by atoms with Gasteiger partial charge in [0.25, 0.3) is 0 Å². The molecule has 1 aliphatic carbocycles. The number of fused-ring (bicyclic) bond motifs is 1. The van der Waals surface area contributed by atoms with Gasteiger partial charge in [-0.05, 0) is 48.7 Å². The fourth-order valence-corrected chi connectivity index (χ4v) is 3.11. The average molecular weight is 370 g/mol. The number of esters is 2. The summed E-state index contributed by atoms with van der Waals surface area (Å²) in [6.45, 7) is 0. The van der Waals surface area contributed by atoms with Crippen molar-refractivity contribution in [2.24, 2.45) is 0 Å². The molecule has 0 saturated carbocycles. The van der Waals surface area contributed by atoms with Gasteiger partial charge in [0.05, 0.1) is 11.1 Å². The third-order valence-electron chi connectivity index (χ3n) is 4.53. The van der Waals surface area contributed by atoms with Gasteiger partial charge >= 0.3 is 11.9 Å². The molecule has 0 aliphatic heterocycles. The molecule has 4 nitrogen and oxygen atoms in total. The Morgan fingerprint density at radius 3 is 1.96 bits per heavy atom. The highest BCUT2D eigenvalue weighted by Gasteiger charge is 2.22. The van der Waals surface area contributed by atoms with E-state index in [0.717, 1.165) is 24.0 Å². The Hall–Kier alpha value is -3.66. The van der Waals surface area contributed by atoms with Gasteiger partial charge in [0, 0.05) is 5.56 Å². The maximum absolute atomic E-state index is 12.6. The molecular formula is C24H18O4. The van der Waals surface area contributed by atoms with Crippen LogP contribution in [0.1, 0.15) is 38.3 Å². The molecule has 0 N–H and O–H groups in total. The molecule has 3 aromatic carbocycles. The van der Waals surface area contributed by atoms with E-state index in [2.05, 4.69) is 0 Å². The summed E-state index contributed by atoms with van der Waals surface area (Å²) in [6.07, 6.45) is 5.69. The summed E-state index contributed by atoms with van der Waals surface area (Å²) in [4.78, 5) is 25.1. The van der Waals surface area contributed by atoms with Crippen LogP contribution < -0.4 is 9.47 Å². The second-order valence-electron chi connectivity index (χ2n) is 6.42. The van der Waals surface area contributed by atoms with Crippen molar-refractivity contribution < 1.29 is 19.1 Å². The largest absolute Gasteiger partial charge is 0.419 e. The van der Waals surface area contributed by atoms with E-state index >= 15 is 0 Å². The van der Waals surface area contributed by atoms with Crippen molar-refractivity contribution in [3.8, 4) is 11.5 Å². The molecule has 0 atom stereocenters. The van der Waals surface area contributed by atoms with Crippen LogP contribution in [0.4, 0.5) is 0 Å². The lowest BCUT2D eigenvalue weighted by Crippen LogP contribution is -2.14. The van der Waals surface area contributed by atoms with Crippen molar-refractivity contribution >= 4 is 18.0 Å². The van der Waals surface area contributed by atoms with Crippen LogP contribution in [0.25, 0.3) is 6.08 Å². The molecule has 0 spiro atoms. The molecule has 0 fully saturated rings. The predicted molar refractivity (Wildman–Crippen MR) is 107 cm³/mol. The number of carbonyl (C=O) groups excluding carboxylic acids is 2. The van der Waals surface area contributed by atoms with Crippen LogP contribution >= 0.6 is 0 Å². The van der Waals surface area contributed by atoms with Gasteiger partial charge in [0.1, 0.15) is 0 Å². The first kappa shape index (κ1) is 17.7. The molecule has 4 rings (SSSR count). The maximum Gasteiger partial charge on any atom is 0.343 e. The van der Waals surface area contributed by atoms with Crippen LogP contribution in [0, 0.1) is 0 Å². The van der Waals surface area contributed by atoms with Gasteiger partial charge < -0.3 is 9.47 Å². The third-order valence-corrected chi connectivity index (χ3v) is 4.53. The van der Waals surface area contributed by atoms with Crippen LogP contribution in [0.3, 0.4) is 0 Å². The zero-order valence-corrected chi connectivity index (χ0v) is 15.1. The second kappa shape index (κ2) is 7.92. The average Bonchev–Trinajstić information content (AvgIpc) is 2.76. The van der Waals surface area contributed by atoms with Crippen LogP contribution in [-0.4, -0.2) is 11.9 Å². The maximum atomic E-state index is 12.6. The smallest absolute Gasteiger partial charge is 0.343 e. The van der Waals surface area contributed by atoms with E-state index in [-0.39, 0.29) is 11.5 Å². The van der Waals surface area contributed by atoms with Crippen LogP contribution in [0.2, 0.25) is 0 Å². The Morgan fingerprint density at radius 2 is 1.32 bits per heavy atom. The van der Waals surface area contributed by atoms with Crippen molar-refractivity contribution in [2.45, 2.75) is 12.8 Å². The monoisotopic (exact) mass is 370 g/mol. The van der Waals surface area contributed by atoms with Gasteiger partial charge in [-0.2, -0.15) is 0 Å². The fraction of sp³-hybridized carbons (Fsp3) is 0.0833. The minimum atomic E-state index is -0.502. The van der Waals surface area contributed by atoms with E-state index in [4.69, 9.17) is 9.47 Å². The van der Waals surface area contributed by atoms with E-state index in [0.29, 0.717) is 11.1 Å². The van der Waals surface area contributed by atoms with E-state index < -0.39 is 11.9 Å². The Morgan fingerprint density at radius 1 is 0.714 bits per heavy atom. The number of aryl methyl sites for hydroxylation is 1. The van der Waals surface area contributed by atoms with Crippen molar-refractivity contribution in [3.63, 3.8) is 0 Å². The van der Waals surface area contributed by atoms with Gasteiger partial charge in [-0.25, -0.2) is 9.59 Å². The number of rotatable bonds is 4. The summed E-state index contributed by atoms with van der Waals surface area (Å²) in [5, 5.41) is 0. The Balaban J connectivity index is 1.69. The molecule has 138 valence electrons. The molecule has 0 bridgehead atoms.